The lowest BCUT2D eigenvalue weighted by molar-refractivity contribution is -0.115. The second kappa shape index (κ2) is 8.94. The lowest BCUT2D eigenvalue weighted by atomic mass is 10.3. The third-order valence-electron chi connectivity index (χ3n) is 3.68. The fraction of sp³-hybridized carbons (Fsp3) is 0.118. The highest BCUT2D eigenvalue weighted by Crippen LogP contribution is 2.28. The summed E-state index contributed by atoms with van der Waals surface area (Å²) in [5.41, 5.74) is 1.12. The first-order chi connectivity index (χ1) is 13.6. The summed E-state index contributed by atoms with van der Waals surface area (Å²) >= 11 is 13.8. The average Bonchev–Trinajstić information content (AvgIpc) is 3.02. The van der Waals surface area contributed by atoms with Gasteiger partial charge in [0, 0.05) is 10.7 Å². The van der Waals surface area contributed by atoms with Crippen molar-refractivity contribution in [2.24, 2.45) is 5.14 Å². The molecule has 0 aliphatic rings. The normalized spacial score (nSPS) is 12.5. The highest BCUT2D eigenvalue weighted by Gasteiger charge is 2.18. The van der Waals surface area contributed by atoms with Crippen LogP contribution in [0.5, 0.6) is 0 Å². The van der Waals surface area contributed by atoms with Gasteiger partial charge in [0.15, 0.2) is 8.29 Å². The highest BCUT2D eigenvalue weighted by molar-refractivity contribution is 8.02. The maximum Gasteiger partial charge on any atom is 0.238 e. The molecule has 0 saturated heterocycles. The van der Waals surface area contributed by atoms with Crippen molar-refractivity contribution in [2.45, 2.75) is 21.4 Å². The van der Waals surface area contributed by atoms with Crippen molar-refractivity contribution in [3.8, 4) is 5.69 Å². The van der Waals surface area contributed by atoms with Gasteiger partial charge in [0.25, 0.3) is 0 Å². The third kappa shape index (κ3) is 5.65. The lowest BCUT2D eigenvalue weighted by Crippen LogP contribution is -2.22. The van der Waals surface area contributed by atoms with Gasteiger partial charge in [-0.2, -0.15) is 0 Å². The first-order valence-electron chi connectivity index (χ1n) is 8.10. The Kier molecular flexibility index (Phi) is 6.76. The van der Waals surface area contributed by atoms with E-state index in [-0.39, 0.29) is 10.8 Å². The van der Waals surface area contributed by atoms with Gasteiger partial charge in [-0.3, -0.25) is 4.79 Å². The Hall–Kier alpha value is -1.76. The molecule has 152 valence electrons. The van der Waals surface area contributed by atoms with Crippen LogP contribution >= 0.6 is 46.9 Å². The maximum absolute atomic E-state index is 12.5. The van der Waals surface area contributed by atoms with Gasteiger partial charge in [-0.1, -0.05) is 40.8 Å². The van der Waals surface area contributed by atoms with Crippen molar-refractivity contribution in [1.82, 2.24) is 9.78 Å². The smallest absolute Gasteiger partial charge is 0.238 e. The standard InChI is InChI=1S/C17H15ClN4O3S4/c1-10(15(23)20-12-3-2-4-14(9-12)29(19,24)25)27-16-21-22(17(26)28-16)13-7-5-11(18)6-8-13/h2-10H,1H3,(H,20,23)(H2,19,24,25)/t10-/m1/s1. The highest BCUT2D eigenvalue weighted by atomic mass is 35.5. The Morgan fingerprint density at radius 2 is 2.00 bits per heavy atom. The van der Waals surface area contributed by atoms with E-state index < -0.39 is 15.3 Å². The molecule has 1 amide bonds. The molecule has 12 heteroatoms. The van der Waals surface area contributed by atoms with Crippen LogP contribution in [-0.4, -0.2) is 29.4 Å². The summed E-state index contributed by atoms with van der Waals surface area (Å²) < 4.78 is 25.7. The van der Waals surface area contributed by atoms with Gasteiger partial charge in [-0.15, -0.1) is 5.10 Å². The van der Waals surface area contributed by atoms with E-state index in [1.165, 1.54) is 41.3 Å². The molecule has 0 fully saturated rings. The van der Waals surface area contributed by atoms with Gasteiger partial charge in [-0.05, 0) is 61.6 Å². The van der Waals surface area contributed by atoms with E-state index in [9.17, 15) is 13.2 Å². The zero-order valence-corrected chi connectivity index (χ0v) is 18.9. The Balaban J connectivity index is 1.71. The van der Waals surface area contributed by atoms with Crippen LogP contribution < -0.4 is 10.5 Å². The molecule has 1 heterocycles. The van der Waals surface area contributed by atoms with Crippen LogP contribution in [0.25, 0.3) is 5.69 Å². The van der Waals surface area contributed by atoms with E-state index in [1.807, 2.05) is 0 Å². The summed E-state index contributed by atoms with van der Waals surface area (Å²) in [5.74, 6) is -0.305. The van der Waals surface area contributed by atoms with Crippen LogP contribution in [0.2, 0.25) is 5.02 Å². The Morgan fingerprint density at radius 3 is 2.66 bits per heavy atom. The molecule has 0 unspecified atom stereocenters. The van der Waals surface area contributed by atoms with E-state index in [1.54, 1.807) is 41.9 Å². The number of benzene rings is 2. The number of primary sulfonamides is 1. The number of amides is 1. The van der Waals surface area contributed by atoms with Crippen LogP contribution in [0.1, 0.15) is 6.92 Å². The molecule has 7 nitrogen and oxygen atoms in total. The summed E-state index contributed by atoms with van der Waals surface area (Å²) in [7, 11) is -3.85. The fourth-order valence-electron chi connectivity index (χ4n) is 2.25. The number of halogens is 1. The number of anilines is 1. The first kappa shape index (κ1) is 21.9. The SMILES string of the molecule is C[C@@H](Sc1nn(-c2ccc(Cl)cc2)c(=S)s1)C(=O)Nc1cccc(S(N)(=O)=O)c1. The predicted molar refractivity (Wildman–Crippen MR) is 119 cm³/mol. The zero-order chi connectivity index (χ0) is 21.2. The number of sulfonamides is 1. The van der Waals surface area contributed by atoms with Crippen molar-refractivity contribution in [2.75, 3.05) is 5.32 Å². The molecule has 3 rings (SSSR count). The van der Waals surface area contributed by atoms with Crippen LogP contribution in [0, 0.1) is 3.95 Å². The van der Waals surface area contributed by atoms with Crippen molar-refractivity contribution in [3.05, 3.63) is 57.5 Å². The quantitative estimate of drug-likeness (QED) is 0.401. The van der Waals surface area contributed by atoms with Gasteiger partial charge in [-0.25, -0.2) is 18.2 Å². The largest absolute Gasteiger partial charge is 0.325 e. The van der Waals surface area contributed by atoms with Crippen molar-refractivity contribution >= 4 is 68.5 Å². The van der Waals surface area contributed by atoms with Crippen LogP contribution in [0.4, 0.5) is 5.69 Å². The maximum atomic E-state index is 12.5. The number of nitrogens with two attached hydrogens (primary N) is 1. The van der Waals surface area contributed by atoms with E-state index in [0.717, 1.165) is 5.69 Å². The minimum absolute atomic E-state index is 0.0738. The number of nitrogens with zero attached hydrogens (tertiary/aromatic N) is 2. The number of hydrogen-bond donors (Lipinski definition) is 2. The summed E-state index contributed by atoms with van der Waals surface area (Å²) in [6.07, 6.45) is 0. The zero-order valence-electron chi connectivity index (χ0n) is 14.9. The number of thioether (sulfide) groups is 1. The van der Waals surface area contributed by atoms with Crippen LogP contribution in [-0.2, 0) is 14.8 Å². The monoisotopic (exact) mass is 486 g/mol. The van der Waals surface area contributed by atoms with Crippen molar-refractivity contribution in [1.29, 1.82) is 0 Å². The number of aromatic nitrogens is 2. The Morgan fingerprint density at radius 1 is 1.31 bits per heavy atom. The Bertz CT molecular complexity index is 1210. The topological polar surface area (TPSA) is 107 Å². The number of hydrogen-bond acceptors (Lipinski definition) is 7. The molecule has 0 aliphatic heterocycles. The van der Waals surface area contributed by atoms with Gasteiger partial charge in [0.2, 0.25) is 15.9 Å². The molecular weight excluding hydrogens is 472 g/mol. The molecule has 3 N–H and O–H groups in total. The second-order valence-electron chi connectivity index (χ2n) is 5.84. The number of carbonyl (C=O) groups is 1. The third-order valence-corrected chi connectivity index (χ3v) is 7.26. The molecule has 0 bridgehead atoms. The average molecular weight is 487 g/mol. The van der Waals surface area contributed by atoms with Gasteiger partial charge >= 0.3 is 0 Å². The Labute approximate surface area is 185 Å². The summed E-state index contributed by atoms with van der Waals surface area (Å²) in [5, 5.41) is 12.4. The van der Waals surface area contributed by atoms with Crippen molar-refractivity contribution in [3.63, 3.8) is 0 Å². The van der Waals surface area contributed by atoms with E-state index in [4.69, 9.17) is 29.0 Å². The molecule has 0 spiro atoms. The molecule has 0 radical (unpaired) electrons. The van der Waals surface area contributed by atoms with Gasteiger partial charge in [0.1, 0.15) is 0 Å². The molecule has 0 aliphatic carbocycles. The van der Waals surface area contributed by atoms with E-state index in [0.29, 0.717) is 19.0 Å². The molecule has 1 aromatic heterocycles. The molecule has 1 atom stereocenters. The van der Waals surface area contributed by atoms with Crippen LogP contribution in [0.15, 0.2) is 57.8 Å². The van der Waals surface area contributed by atoms with E-state index in [2.05, 4.69) is 10.4 Å². The number of carbonyl (C=O) groups excluding carboxylic acids is 1. The molecule has 3 aromatic rings. The minimum atomic E-state index is -3.85. The van der Waals surface area contributed by atoms with E-state index >= 15 is 0 Å². The molecule has 0 saturated carbocycles. The van der Waals surface area contributed by atoms with Crippen LogP contribution in [0.3, 0.4) is 0 Å². The predicted octanol–water partition coefficient (Wildman–Crippen LogP) is 4.08. The van der Waals surface area contributed by atoms with Crippen molar-refractivity contribution < 1.29 is 13.2 Å². The number of nitrogens with one attached hydrogen (secondary N) is 1. The minimum Gasteiger partial charge on any atom is -0.325 e. The fourth-order valence-corrected chi connectivity index (χ4v) is 5.44. The molecule has 29 heavy (non-hydrogen) atoms. The summed E-state index contributed by atoms with van der Waals surface area (Å²) in [4.78, 5) is 12.4. The summed E-state index contributed by atoms with van der Waals surface area (Å²) in [6.45, 7) is 1.72. The summed E-state index contributed by atoms with van der Waals surface area (Å²) in [6, 6.07) is 12.9. The molecular formula is C17H15ClN4O3S4. The van der Waals surface area contributed by atoms with Gasteiger partial charge in [0.05, 0.1) is 15.8 Å². The lowest BCUT2D eigenvalue weighted by Gasteiger charge is -2.11. The number of rotatable bonds is 6. The second-order valence-corrected chi connectivity index (χ2v) is 11.1. The molecule has 2 aromatic carbocycles. The first-order valence-corrected chi connectivity index (χ1v) is 12.1. The van der Waals surface area contributed by atoms with Gasteiger partial charge < -0.3 is 5.32 Å².